The van der Waals surface area contributed by atoms with Gasteiger partial charge < -0.3 is 4.57 Å². The summed E-state index contributed by atoms with van der Waals surface area (Å²) in [4.78, 5) is 8.98. The number of hydrogen-bond donors (Lipinski definition) is 0. The average molecular weight is 314 g/mol. The second-order valence-corrected chi connectivity index (χ2v) is 6.71. The molecule has 0 aliphatic heterocycles. The van der Waals surface area contributed by atoms with Crippen molar-refractivity contribution in [2.24, 2.45) is 5.92 Å². The number of rotatable bonds is 6. The van der Waals surface area contributed by atoms with Gasteiger partial charge >= 0.3 is 0 Å². The number of alkyl halides is 1. The van der Waals surface area contributed by atoms with Crippen LogP contribution in [0.15, 0.2) is 12.3 Å². The Morgan fingerprint density at radius 1 is 1.25 bits per heavy atom. The molecule has 1 atom stereocenters. The number of pyridine rings is 1. The van der Waals surface area contributed by atoms with E-state index in [9.17, 15) is 0 Å². The summed E-state index contributed by atoms with van der Waals surface area (Å²) >= 11 is 12.2. The predicted octanol–water partition coefficient (Wildman–Crippen LogP) is 5.21. The van der Waals surface area contributed by atoms with E-state index in [1.54, 1.807) is 6.20 Å². The zero-order chi connectivity index (χ0) is 14.7. The minimum absolute atomic E-state index is 0.131. The van der Waals surface area contributed by atoms with E-state index in [1.807, 2.05) is 13.0 Å². The molecule has 2 heterocycles. The van der Waals surface area contributed by atoms with Crippen molar-refractivity contribution in [3.63, 3.8) is 0 Å². The van der Waals surface area contributed by atoms with Gasteiger partial charge in [0.05, 0.1) is 10.4 Å². The lowest BCUT2D eigenvalue weighted by Gasteiger charge is -2.10. The van der Waals surface area contributed by atoms with Gasteiger partial charge in [-0.15, -0.1) is 11.6 Å². The van der Waals surface area contributed by atoms with Gasteiger partial charge in [-0.05, 0) is 25.3 Å². The Bertz CT molecular complexity index is 576. The first-order chi connectivity index (χ1) is 9.49. The van der Waals surface area contributed by atoms with E-state index in [1.165, 1.54) is 12.8 Å². The fraction of sp³-hybridized carbons (Fsp3) is 0.600. The molecule has 0 amide bonds. The first kappa shape index (κ1) is 15.6. The van der Waals surface area contributed by atoms with E-state index in [0.717, 1.165) is 35.9 Å². The number of fused-ring (bicyclic) bond motifs is 1. The van der Waals surface area contributed by atoms with Crippen LogP contribution in [0.2, 0.25) is 5.02 Å². The number of hydrogen-bond acceptors (Lipinski definition) is 2. The average Bonchev–Trinajstić information content (AvgIpc) is 2.72. The zero-order valence-corrected chi connectivity index (χ0v) is 13.7. The van der Waals surface area contributed by atoms with E-state index >= 15 is 0 Å². The molecular formula is C15H21Cl2N3. The van der Waals surface area contributed by atoms with Crippen LogP contribution in [-0.4, -0.2) is 14.5 Å². The molecule has 2 rings (SSSR count). The Kier molecular flexibility index (Phi) is 5.28. The maximum absolute atomic E-state index is 6.24. The van der Waals surface area contributed by atoms with Crippen molar-refractivity contribution >= 4 is 34.4 Å². The standard InChI is InChI=1S/C15H21Cl2N3/c1-10(2)6-4-5-7-20-14(11(3)16)19-13-8-12(17)9-18-15(13)20/h8-11H,4-7H2,1-3H3. The molecule has 0 saturated carbocycles. The molecule has 5 heteroatoms. The summed E-state index contributed by atoms with van der Waals surface area (Å²) in [7, 11) is 0. The Morgan fingerprint density at radius 3 is 2.65 bits per heavy atom. The van der Waals surface area contributed by atoms with Gasteiger partial charge in [-0.2, -0.15) is 0 Å². The highest BCUT2D eigenvalue weighted by Crippen LogP contribution is 2.25. The third kappa shape index (κ3) is 3.64. The van der Waals surface area contributed by atoms with Crippen LogP contribution >= 0.6 is 23.2 Å². The second-order valence-electron chi connectivity index (χ2n) is 5.62. The molecule has 0 fully saturated rings. The summed E-state index contributed by atoms with van der Waals surface area (Å²) in [5.74, 6) is 1.62. The van der Waals surface area contributed by atoms with Gasteiger partial charge in [-0.1, -0.05) is 38.3 Å². The normalized spacial score (nSPS) is 13.3. The highest BCUT2D eigenvalue weighted by Gasteiger charge is 2.15. The zero-order valence-electron chi connectivity index (χ0n) is 12.2. The molecule has 0 aliphatic rings. The Hall–Kier alpha value is -0.800. The molecule has 0 aromatic carbocycles. The maximum Gasteiger partial charge on any atom is 0.160 e. The SMILES string of the molecule is CC(C)CCCCn1c(C(C)Cl)nc2cc(Cl)cnc21. The molecule has 0 saturated heterocycles. The van der Waals surface area contributed by atoms with Crippen LogP contribution in [-0.2, 0) is 6.54 Å². The predicted molar refractivity (Wildman–Crippen MR) is 85.5 cm³/mol. The minimum Gasteiger partial charge on any atom is -0.311 e. The molecule has 0 spiro atoms. The lowest BCUT2D eigenvalue weighted by Crippen LogP contribution is -2.05. The smallest absolute Gasteiger partial charge is 0.160 e. The summed E-state index contributed by atoms with van der Waals surface area (Å²) in [6.45, 7) is 7.35. The number of aryl methyl sites for hydroxylation is 1. The number of aromatic nitrogens is 3. The molecule has 1 unspecified atom stereocenters. The molecular weight excluding hydrogens is 293 g/mol. The van der Waals surface area contributed by atoms with Gasteiger partial charge in [-0.3, -0.25) is 0 Å². The van der Waals surface area contributed by atoms with Crippen molar-refractivity contribution in [1.29, 1.82) is 0 Å². The van der Waals surface area contributed by atoms with Crippen molar-refractivity contribution in [1.82, 2.24) is 14.5 Å². The van der Waals surface area contributed by atoms with E-state index < -0.39 is 0 Å². The van der Waals surface area contributed by atoms with Gasteiger partial charge in [0.15, 0.2) is 5.65 Å². The van der Waals surface area contributed by atoms with E-state index in [-0.39, 0.29) is 5.38 Å². The number of imidazole rings is 1. The number of unbranched alkanes of at least 4 members (excludes halogenated alkanes) is 1. The van der Waals surface area contributed by atoms with Crippen LogP contribution in [0.4, 0.5) is 0 Å². The summed E-state index contributed by atoms with van der Waals surface area (Å²) in [6.07, 6.45) is 5.24. The van der Waals surface area contributed by atoms with Crippen LogP contribution in [0, 0.1) is 5.92 Å². The third-order valence-electron chi connectivity index (χ3n) is 3.35. The molecule has 0 radical (unpaired) electrons. The third-order valence-corrected chi connectivity index (χ3v) is 3.75. The highest BCUT2D eigenvalue weighted by atomic mass is 35.5. The van der Waals surface area contributed by atoms with Gasteiger partial charge in [0, 0.05) is 12.7 Å². The molecule has 0 N–H and O–H groups in total. The van der Waals surface area contributed by atoms with Crippen LogP contribution in [0.25, 0.3) is 11.2 Å². The van der Waals surface area contributed by atoms with Crippen molar-refractivity contribution in [3.05, 3.63) is 23.1 Å². The second kappa shape index (κ2) is 6.77. The van der Waals surface area contributed by atoms with E-state index in [4.69, 9.17) is 23.2 Å². The first-order valence-corrected chi connectivity index (χ1v) is 7.96. The largest absolute Gasteiger partial charge is 0.311 e. The number of nitrogens with zero attached hydrogens (tertiary/aromatic N) is 3. The quantitative estimate of drug-likeness (QED) is 0.541. The van der Waals surface area contributed by atoms with Crippen molar-refractivity contribution in [2.75, 3.05) is 0 Å². The Morgan fingerprint density at radius 2 is 2.00 bits per heavy atom. The maximum atomic E-state index is 6.24. The molecule has 20 heavy (non-hydrogen) atoms. The van der Waals surface area contributed by atoms with Crippen molar-refractivity contribution in [3.8, 4) is 0 Å². The summed E-state index contributed by atoms with van der Waals surface area (Å²) in [6, 6.07) is 1.84. The monoisotopic (exact) mass is 313 g/mol. The van der Waals surface area contributed by atoms with Gasteiger partial charge in [0.2, 0.25) is 0 Å². The lowest BCUT2D eigenvalue weighted by atomic mass is 10.1. The molecule has 2 aromatic rings. The van der Waals surface area contributed by atoms with Crippen LogP contribution in [0.5, 0.6) is 0 Å². The highest BCUT2D eigenvalue weighted by molar-refractivity contribution is 6.31. The summed E-state index contributed by atoms with van der Waals surface area (Å²) in [5, 5.41) is 0.476. The summed E-state index contributed by atoms with van der Waals surface area (Å²) in [5.41, 5.74) is 1.70. The first-order valence-electron chi connectivity index (χ1n) is 7.14. The van der Waals surface area contributed by atoms with Gasteiger partial charge in [-0.25, -0.2) is 9.97 Å². The van der Waals surface area contributed by atoms with Gasteiger partial charge in [0.1, 0.15) is 11.3 Å². The van der Waals surface area contributed by atoms with Crippen LogP contribution in [0.1, 0.15) is 51.2 Å². The van der Waals surface area contributed by atoms with Crippen LogP contribution < -0.4 is 0 Å². The fourth-order valence-corrected chi connectivity index (χ4v) is 2.67. The lowest BCUT2D eigenvalue weighted by molar-refractivity contribution is 0.506. The van der Waals surface area contributed by atoms with E-state index in [2.05, 4.69) is 28.4 Å². The summed E-state index contributed by atoms with van der Waals surface area (Å²) < 4.78 is 2.13. The molecule has 0 aliphatic carbocycles. The fourth-order valence-electron chi connectivity index (χ4n) is 2.35. The molecule has 2 aromatic heterocycles. The minimum atomic E-state index is -0.131. The van der Waals surface area contributed by atoms with Crippen molar-refractivity contribution in [2.45, 2.75) is 52.0 Å². The molecule has 110 valence electrons. The van der Waals surface area contributed by atoms with Crippen molar-refractivity contribution < 1.29 is 0 Å². The van der Waals surface area contributed by atoms with Crippen LogP contribution in [0.3, 0.4) is 0 Å². The topological polar surface area (TPSA) is 30.7 Å². The van der Waals surface area contributed by atoms with E-state index in [0.29, 0.717) is 5.02 Å². The molecule has 0 bridgehead atoms. The molecule has 3 nitrogen and oxygen atoms in total. The Labute approximate surface area is 130 Å². The number of halogens is 2. The van der Waals surface area contributed by atoms with Gasteiger partial charge in [0.25, 0.3) is 0 Å². The Balaban J connectivity index is 2.22.